The number of fused-ring (bicyclic) bond motifs is 1. The number of aryl methyl sites for hydroxylation is 1. The Morgan fingerprint density at radius 2 is 2.18 bits per heavy atom. The van der Waals surface area contributed by atoms with Crippen LogP contribution in [-0.2, 0) is 25.5 Å². The van der Waals surface area contributed by atoms with Crippen LogP contribution in [0.5, 0.6) is 0 Å². The van der Waals surface area contributed by atoms with Gasteiger partial charge in [0, 0.05) is 6.42 Å². The van der Waals surface area contributed by atoms with Crippen LogP contribution in [0.2, 0.25) is 0 Å². The van der Waals surface area contributed by atoms with Gasteiger partial charge >= 0.3 is 11.9 Å². The highest BCUT2D eigenvalue weighted by Gasteiger charge is 2.38. The zero-order chi connectivity index (χ0) is 20.9. The van der Waals surface area contributed by atoms with Crippen molar-refractivity contribution in [3.63, 3.8) is 0 Å². The van der Waals surface area contributed by atoms with Gasteiger partial charge < -0.3 is 14.8 Å². The lowest BCUT2D eigenvalue weighted by Gasteiger charge is -2.42. The van der Waals surface area contributed by atoms with E-state index in [1.54, 1.807) is 13.8 Å². The van der Waals surface area contributed by atoms with Gasteiger partial charge in [0.05, 0.1) is 14.4 Å². The molecule has 3 rings (SSSR count). The third kappa shape index (κ3) is 5.73. The number of aromatic amines is 1. The van der Waals surface area contributed by atoms with E-state index in [9.17, 15) is 9.59 Å². The third-order valence-electron chi connectivity index (χ3n) is 5.77. The van der Waals surface area contributed by atoms with Crippen molar-refractivity contribution < 1.29 is 20.4 Å². The molecule has 9 heteroatoms. The van der Waals surface area contributed by atoms with E-state index in [2.05, 4.69) is 25.9 Å². The van der Waals surface area contributed by atoms with Crippen molar-refractivity contribution in [2.45, 2.75) is 70.9 Å². The van der Waals surface area contributed by atoms with Gasteiger partial charge in [0.25, 0.3) is 0 Å². The quantitative estimate of drug-likeness (QED) is 0.635. The van der Waals surface area contributed by atoms with Crippen LogP contribution in [-0.4, -0.2) is 57.8 Å². The Hall–Kier alpha value is -2.03. The summed E-state index contributed by atoms with van der Waals surface area (Å²) < 4.78 is 18.9. The molecular weight excluding hydrogens is 362 g/mol. The van der Waals surface area contributed by atoms with Crippen molar-refractivity contribution in [1.29, 1.82) is 0 Å². The second-order valence-corrected chi connectivity index (χ2v) is 7.85. The molecule has 1 aliphatic carbocycles. The number of piperidine rings is 1. The number of hydrogen-bond acceptors (Lipinski definition) is 8. The summed E-state index contributed by atoms with van der Waals surface area (Å²) in [6.45, 7) is 4.32. The predicted molar refractivity (Wildman–Crippen MR) is 100 cm³/mol. The summed E-state index contributed by atoms with van der Waals surface area (Å²) in [5.41, 5.74) is 0. The lowest BCUT2D eigenvalue weighted by atomic mass is 9.69. The van der Waals surface area contributed by atoms with Gasteiger partial charge in [0.1, 0.15) is 12.1 Å². The number of carbonyl (C=O) groups excluding carboxylic acids is 2. The monoisotopic (exact) mass is 394 g/mol. The molecule has 9 nitrogen and oxygen atoms in total. The number of ether oxygens (including phenoxy) is 2. The van der Waals surface area contributed by atoms with E-state index in [1.165, 1.54) is 0 Å². The maximum absolute atomic E-state index is 12.7. The maximum atomic E-state index is 12.7. The Bertz CT molecular complexity index is 688. The van der Waals surface area contributed by atoms with Gasteiger partial charge in [-0.1, -0.05) is 11.6 Å². The molecular formula is C19H31N5O4. The second-order valence-electron chi connectivity index (χ2n) is 7.85. The molecule has 0 spiro atoms. The second kappa shape index (κ2) is 9.95. The van der Waals surface area contributed by atoms with Crippen molar-refractivity contribution in [2.24, 2.45) is 17.8 Å². The summed E-state index contributed by atoms with van der Waals surface area (Å²) in [4.78, 5) is 24.2. The van der Waals surface area contributed by atoms with Crippen LogP contribution in [0.25, 0.3) is 0 Å². The molecule has 2 heterocycles. The van der Waals surface area contributed by atoms with Gasteiger partial charge in [-0.3, -0.25) is 9.59 Å². The van der Waals surface area contributed by atoms with Crippen molar-refractivity contribution in [2.75, 3.05) is 13.2 Å². The summed E-state index contributed by atoms with van der Waals surface area (Å²) in [5, 5.41) is 17.2. The maximum Gasteiger partial charge on any atom is 0.323 e. The number of nitrogens with one attached hydrogen (secondary N) is 2. The van der Waals surface area contributed by atoms with E-state index in [1.807, 2.05) is 0 Å². The third-order valence-corrected chi connectivity index (χ3v) is 5.77. The molecule has 0 amide bonds. The summed E-state index contributed by atoms with van der Waals surface area (Å²) in [7, 11) is 0. The molecule has 1 aromatic heterocycles. The summed E-state index contributed by atoms with van der Waals surface area (Å²) in [5.74, 6) is 1.05. The van der Waals surface area contributed by atoms with Crippen LogP contribution in [0.4, 0.5) is 0 Å². The van der Waals surface area contributed by atoms with Gasteiger partial charge in [-0.05, 0) is 63.8 Å². The fraction of sp³-hybridized carbons (Fsp3) is 0.842. The molecule has 28 heavy (non-hydrogen) atoms. The fourth-order valence-electron chi connectivity index (χ4n) is 4.32. The van der Waals surface area contributed by atoms with Crippen LogP contribution in [0.15, 0.2) is 0 Å². The molecule has 5 atom stereocenters. The molecule has 2 N–H and O–H groups in total. The highest BCUT2D eigenvalue weighted by molar-refractivity contribution is 5.77. The molecule has 2 fully saturated rings. The molecule has 1 saturated carbocycles. The van der Waals surface area contributed by atoms with Crippen molar-refractivity contribution in [1.82, 2.24) is 25.9 Å². The molecule has 0 unspecified atom stereocenters. The van der Waals surface area contributed by atoms with Crippen molar-refractivity contribution in [3.05, 3.63) is 5.82 Å². The molecule has 1 aromatic rings. The van der Waals surface area contributed by atoms with Gasteiger partial charge in [-0.2, -0.15) is 5.21 Å². The number of hydrogen-bond donors (Lipinski definition) is 2. The van der Waals surface area contributed by atoms with Gasteiger partial charge in [-0.15, -0.1) is 10.2 Å². The average Bonchev–Trinajstić information content (AvgIpc) is 3.19. The SMILES string of the molecule is [2H][C@@]1(C(=O)O[C@H](C)CC(=O)OCC)C[C@H]2C[C@@H](CCc3nn[nH]n3)CC[C@H]2CN1. The van der Waals surface area contributed by atoms with Gasteiger partial charge in [-0.25, -0.2) is 0 Å². The van der Waals surface area contributed by atoms with E-state index in [0.717, 1.165) is 37.9 Å². The van der Waals surface area contributed by atoms with Crippen molar-refractivity contribution in [3.8, 4) is 0 Å². The summed E-state index contributed by atoms with van der Waals surface area (Å²) >= 11 is 0. The first-order valence-corrected chi connectivity index (χ1v) is 10.2. The first kappa shape index (κ1) is 19.3. The topological polar surface area (TPSA) is 119 Å². The average molecular weight is 394 g/mol. The molecule has 0 bridgehead atoms. The molecule has 1 saturated heterocycles. The first-order valence-electron chi connectivity index (χ1n) is 10.7. The Balaban J connectivity index is 1.51. The van der Waals surface area contributed by atoms with E-state index in [4.69, 9.17) is 10.8 Å². The Labute approximate surface area is 166 Å². The Morgan fingerprint density at radius 3 is 2.93 bits per heavy atom. The summed E-state index contributed by atoms with van der Waals surface area (Å²) in [6, 6.07) is -1.46. The number of H-pyrrole nitrogens is 1. The molecule has 2 aliphatic rings. The van der Waals surface area contributed by atoms with Gasteiger partial charge in [0.2, 0.25) is 0 Å². The van der Waals surface area contributed by atoms with E-state index in [-0.39, 0.29) is 6.42 Å². The Morgan fingerprint density at radius 1 is 1.32 bits per heavy atom. The minimum atomic E-state index is -1.46. The predicted octanol–water partition coefficient (Wildman–Crippen LogP) is 1.41. The smallest absolute Gasteiger partial charge is 0.323 e. The molecule has 0 aromatic carbocycles. The minimum Gasteiger partial charge on any atom is -0.466 e. The number of tetrazole rings is 1. The largest absolute Gasteiger partial charge is 0.466 e. The lowest BCUT2D eigenvalue weighted by Crippen LogP contribution is -2.50. The zero-order valence-corrected chi connectivity index (χ0v) is 16.6. The number of rotatable bonds is 8. The minimum absolute atomic E-state index is 0.000129. The number of aromatic nitrogens is 4. The molecule has 0 radical (unpaired) electrons. The molecule has 156 valence electrons. The fourth-order valence-corrected chi connectivity index (χ4v) is 4.32. The highest BCUT2D eigenvalue weighted by atomic mass is 16.6. The van der Waals surface area contributed by atoms with Crippen LogP contribution in [0.3, 0.4) is 0 Å². The standard InChI is InChI=1S/C19H31N5O4/c1-3-27-18(25)8-12(2)28-19(26)16-10-15-9-13(4-6-14(15)11-20-16)5-7-17-21-23-24-22-17/h12-16,20H,3-11H2,1-2H3,(H,21,22,23,24)/t12-,13-,14+,15-,16+/m1/s1/i16D. The first-order chi connectivity index (χ1) is 13.9. The zero-order valence-electron chi connectivity index (χ0n) is 17.6. The van der Waals surface area contributed by atoms with Crippen molar-refractivity contribution >= 4 is 11.9 Å². The number of nitrogens with zero attached hydrogens (tertiary/aromatic N) is 3. The van der Waals surface area contributed by atoms with E-state index < -0.39 is 24.1 Å². The van der Waals surface area contributed by atoms with E-state index >= 15 is 0 Å². The molecule has 1 aliphatic heterocycles. The van der Waals surface area contributed by atoms with E-state index in [0.29, 0.717) is 37.3 Å². The van der Waals surface area contributed by atoms with Gasteiger partial charge in [0.15, 0.2) is 5.82 Å². The van der Waals surface area contributed by atoms with Crippen LogP contribution in [0.1, 0.15) is 59.6 Å². The number of carbonyl (C=O) groups is 2. The van der Waals surface area contributed by atoms with Crippen LogP contribution in [0, 0.1) is 17.8 Å². The normalized spacial score (nSPS) is 31.4. The summed E-state index contributed by atoms with van der Waals surface area (Å²) in [6.07, 6.45) is 4.83. The van der Waals surface area contributed by atoms with Crippen LogP contribution >= 0.6 is 0 Å². The lowest BCUT2D eigenvalue weighted by molar-refractivity contribution is -0.157. The van der Waals surface area contributed by atoms with Crippen LogP contribution < -0.4 is 5.32 Å². The Kier molecular flexibility index (Phi) is 6.86. The number of esters is 2. The highest BCUT2D eigenvalue weighted by Crippen LogP contribution is 2.40.